The molecule has 2 aromatic heterocycles. The van der Waals surface area contributed by atoms with Crippen LogP contribution in [0.3, 0.4) is 0 Å². The van der Waals surface area contributed by atoms with Gasteiger partial charge in [-0.2, -0.15) is 0 Å². The van der Waals surface area contributed by atoms with Gasteiger partial charge in [-0.05, 0) is 49.6 Å². The molecule has 3 aromatic rings. The zero-order valence-corrected chi connectivity index (χ0v) is 17.9. The third kappa shape index (κ3) is 4.99. The minimum Gasteiger partial charge on any atom is -0.356 e. The molecule has 0 spiro atoms. The fourth-order valence-electron chi connectivity index (χ4n) is 3.62. The lowest BCUT2D eigenvalue weighted by molar-refractivity contribution is -0.120. The smallest absolute Gasteiger partial charge is 0.227 e. The summed E-state index contributed by atoms with van der Waals surface area (Å²) < 4.78 is 13.3. The predicted molar refractivity (Wildman–Crippen MR) is 120 cm³/mol. The van der Waals surface area contributed by atoms with E-state index in [1.807, 2.05) is 24.3 Å². The van der Waals surface area contributed by atoms with Crippen molar-refractivity contribution in [3.8, 4) is 11.5 Å². The zero-order chi connectivity index (χ0) is 21.8. The van der Waals surface area contributed by atoms with Gasteiger partial charge in [0.05, 0.1) is 5.02 Å². The molecule has 0 atom stereocenters. The van der Waals surface area contributed by atoms with E-state index < -0.39 is 5.82 Å². The fourth-order valence-corrected chi connectivity index (χ4v) is 3.81. The number of nitrogens with one attached hydrogen (secondary N) is 1. The second-order valence-corrected chi connectivity index (χ2v) is 7.90. The molecule has 0 aliphatic carbocycles. The molecule has 1 aromatic carbocycles. The summed E-state index contributed by atoms with van der Waals surface area (Å²) in [4.78, 5) is 28.6. The summed E-state index contributed by atoms with van der Waals surface area (Å²) in [5.41, 5.74) is 2.20. The zero-order valence-electron chi connectivity index (χ0n) is 17.2. The van der Waals surface area contributed by atoms with Crippen molar-refractivity contribution >= 4 is 29.0 Å². The average molecular weight is 440 g/mol. The number of aryl methyl sites for hydroxylation is 1. The number of halogens is 2. The monoisotopic (exact) mass is 439 g/mol. The number of carbonyl (C=O) groups is 1. The molecule has 0 bridgehead atoms. The van der Waals surface area contributed by atoms with Crippen LogP contribution < -0.4 is 10.2 Å². The summed E-state index contributed by atoms with van der Waals surface area (Å²) in [6.45, 7) is 3.49. The molecule has 0 radical (unpaired) electrons. The Morgan fingerprint density at radius 1 is 1.19 bits per heavy atom. The quantitative estimate of drug-likeness (QED) is 0.621. The van der Waals surface area contributed by atoms with Crippen molar-refractivity contribution in [2.24, 2.45) is 5.92 Å². The van der Waals surface area contributed by atoms with Crippen molar-refractivity contribution in [1.82, 2.24) is 15.0 Å². The number of hydrogen-bond acceptors (Lipinski definition) is 5. The van der Waals surface area contributed by atoms with Crippen molar-refractivity contribution in [3.63, 3.8) is 0 Å². The molecule has 4 rings (SSSR count). The maximum absolute atomic E-state index is 13.3. The average Bonchev–Trinajstić information content (AvgIpc) is 2.81. The van der Waals surface area contributed by atoms with Gasteiger partial charge in [-0.15, -0.1) is 0 Å². The van der Waals surface area contributed by atoms with E-state index in [-0.39, 0.29) is 16.8 Å². The van der Waals surface area contributed by atoms with E-state index >= 15 is 0 Å². The molecular weight excluding hydrogens is 417 g/mol. The number of amides is 1. The second-order valence-electron chi connectivity index (χ2n) is 7.49. The van der Waals surface area contributed by atoms with Crippen molar-refractivity contribution in [3.05, 3.63) is 65.2 Å². The van der Waals surface area contributed by atoms with E-state index in [1.165, 1.54) is 18.2 Å². The number of carbonyl (C=O) groups excluding carboxylic acids is 1. The summed E-state index contributed by atoms with van der Waals surface area (Å²) in [5.74, 6) is 0.769. The first kappa shape index (κ1) is 21.2. The van der Waals surface area contributed by atoms with Crippen LogP contribution in [-0.2, 0) is 11.2 Å². The van der Waals surface area contributed by atoms with Crippen LogP contribution in [0.4, 0.5) is 15.9 Å². The largest absolute Gasteiger partial charge is 0.356 e. The molecule has 1 aliphatic rings. The summed E-state index contributed by atoms with van der Waals surface area (Å²) in [5, 5.41) is 2.83. The Morgan fingerprint density at radius 2 is 2.00 bits per heavy atom. The highest BCUT2D eigenvalue weighted by atomic mass is 35.5. The number of benzene rings is 1. The lowest BCUT2D eigenvalue weighted by atomic mass is 9.95. The van der Waals surface area contributed by atoms with Crippen LogP contribution in [-0.4, -0.2) is 33.9 Å². The van der Waals surface area contributed by atoms with Crippen molar-refractivity contribution in [2.75, 3.05) is 23.3 Å². The molecule has 1 fully saturated rings. The SMILES string of the molecule is CCc1cc(N2CCC(C(=O)Nc3ccc(F)c(Cl)c3)CC2)nc(-c2ccccn2)n1. The lowest BCUT2D eigenvalue weighted by Crippen LogP contribution is -2.38. The van der Waals surface area contributed by atoms with Crippen LogP contribution in [0.25, 0.3) is 11.5 Å². The number of hydrogen-bond donors (Lipinski definition) is 1. The van der Waals surface area contributed by atoms with Crippen LogP contribution >= 0.6 is 11.6 Å². The normalized spacial score (nSPS) is 14.5. The van der Waals surface area contributed by atoms with Gasteiger partial charge in [-0.25, -0.2) is 14.4 Å². The number of rotatable bonds is 5. The van der Waals surface area contributed by atoms with Crippen molar-refractivity contribution in [2.45, 2.75) is 26.2 Å². The minimum atomic E-state index is -0.505. The van der Waals surface area contributed by atoms with Gasteiger partial charge < -0.3 is 10.2 Å². The van der Waals surface area contributed by atoms with E-state index in [9.17, 15) is 9.18 Å². The van der Waals surface area contributed by atoms with Crippen molar-refractivity contribution < 1.29 is 9.18 Å². The van der Waals surface area contributed by atoms with Crippen LogP contribution in [0.2, 0.25) is 5.02 Å². The standard InChI is InChI=1S/C23H23ClFN5O/c1-2-16-14-21(29-22(27-16)20-5-3-4-10-26-20)30-11-8-15(9-12-30)23(31)28-17-6-7-19(25)18(24)13-17/h3-7,10,13-15H,2,8-9,11-12H2,1H3,(H,28,31). The fraction of sp³-hybridized carbons (Fsp3) is 0.304. The number of aromatic nitrogens is 3. The number of piperidine rings is 1. The number of nitrogens with zero attached hydrogens (tertiary/aromatic N) is 4. The van der Waals surface area contributed by atoms with Gasteiger partial charge in [0, 0.05) is 42.7 Å². The molecule has 3 heterocycles. The summed E-state index contributed by atoms with van der Waals surface area (Å²) >= 11 is 5.80. The van der Waals surface area contributed by atoms with E-state index in [2.05, 4.69) is 27.1 Å². The molecule has 8 heteroatoms. The highest BCUT2D eigenvalue weighted by Crippen LogP contribution is 2.26. The van der Waals surface area contributed by atoms with Gasteiger partial charge in [0.2, 0.25) is 5.91 Å². The van der Waals surface area contributed by atoms with Crippen LogP contribution in [0.15, 0.2) is 48.7 Å². The van der Waals surface area contributed by atoms with Crippen LogP contribution in [0.1, 0.15) is 25.5 Å². The molecule has 6 nitrogen and oxygen atoms in total. The summed E-state index contributed by atoms with van der Waals surface area (Å²) in [6.07, 6.45) is 3.93. The van der Waals surface area contributed by atoms with Gasteiger partial charge in [0.1, 0.15) is 17.3 Å². The first-order valence-electron chi connectivity index (χ1n) is 10.3. The van der Waals surface area contributed by atoms with Gasteiger partial charge in [-0.1, -0.05) is 24.6 Å². The third-order valence-electron chi connectivity index (χ3n) is 5.40. The molecule has 1 N–H and O–H groups in total. The molecule has 0 saturated carbocycles. The van der Waals surface area contributed by atoms with E-state index in [1.54, 1.807) is 6.20 Å². The maximum Gasteiger partial charge on any atom is 0.227 e. The van der Waals surface area contributed by atoms with Gasteiger partial charge >= 0.3 is 0 Å². The van der Waals surface area contributed by atoms with E-state index in [0.29, 0.717) is 37.4 Å². The van der Waals surface area contributed by atoms with Gasteiger partial charge in [-0.3, -0.25) is 9.78 Å². The highest BCUT2D eigenvalue weighted by molar-refractivity contribution is 6.31. The van der Waals surface area contributed by atoms with Crippen LogP contribution in [0.5, 0.6) is 0 Å². The Kier molecular flexibility index (Phi) is 6.42. The Hall–Kier alpha value is -3.06. The summed E-state index contributed by atoms with van der Waals surface area (Å²) in [7, 11) is 0. The molecule has 0 unspecified atom stereocenters. The first-order valence-corrected chi connectivity index (χ1v) is 10.7. The lowest BCUT2D eigenvalue weighted by Gasteiger charge is -2.32. The Morgan fingerprint density at radius 3 is 2.68 bits per heavy atom. The molecule has 31 heavy (non-hydrogen) atoms. The minimum absolute atomic E-state index is 0.00757. The number of pyridine rings is 1. The highest BCUT2D eigenvalue weighted by Gasteiger charge is 2.26. The van der Waals surface area contributed by atoms with Gasteiger partial charge in [0.25, 0.3) is 0 Å². The second kappa shape index (κ2) is 9.39. The van der Waals surface area contributed by atoms with Crippen molar-refractivity contribution in [1.29, 1.82) is 0 Å². The summed E-state index contributed by atoms with van der Waals surface area (Å²) in [6, 6.07) is 11.9. The Bertz CT molecular complexity index is 1070. The van der Waals surface area contributed by atoms with E-state index in [0.717, 1.165) is 23.6 Å². The van der Waals surface area contributed by atoms with Crippen LogP contribution in [0, 0.1) is 11.7 Å². The molecular formula is C23H23ClFN5O. The molecule has 1 amide bonds. The third-order valence-corrected chi connectivity index (χ3v) is 5.69. The topological polar surface area (TPSA) is 71.0 Å². The molecule has 1 saturated heterocycles. The Labute approximate surface area is 185 Å². The molecule has 160 valence electrons. The predicted octanol–water partition coefficient (Wildman–Crippen LogP) is 4.75. The first-order chi connectivity index (χ1) is 15.0. The van der Waals surface area contributed by atoms with Gasteiger partial charge in [0.15, 0.2) is 5.82 Å². The molecule has 1 aliphatic heterocycles. The number of anilines is 2. The van der Waals surface area contributed by atoms with E-state index in [4.69, 9.17) is 16.6 Å². The Balaban J connectivity index is 1.43. The maximum atomic E-state index is 13.3.